The normalized spacial score (nSPS) is 14.1. The summed E-state index contributed by atoms with van der Waals surface area (Å²) in [7, 11) is 0. The summed E-state index contributed by atoms with van der Waals surface area (Å²) in [5.74, 6) is 0.0956. The maximum absolute atomic E-state index is 12.6. The summed E-state index contributed by atoms with van der Waals surface area (Å²) in [6.07, 6.45) is 1.59. The number of benzene rings is 3. The van der Waals surface area contributed by atoms with Gasteiger partial charge in [-0.1, -0.05) is 37.6 Å². The Balaban J connectivity index is 1.61. The van der Waals surface area contributed by atoms with Crippen LogP contribution < -0.4 is 9.47 Å². The number of aliphatic imine (C=N–C) groups is 1. The van der Waals surface area contributed by atoms with Crippen molar-refractivity contribution in [3.8, 4) is 11.5 Å². The van der Waals surface area contributed by atoms with Gasteiger partial charge in [-0.2, -0.15) is 0 Å². The third-order valence-electron chi connectivity index (χ3n) is 5.35. The molecule has 0 N–H and O–H groups in total. The number of cyclic esters (lactones) is 1. The van der Waals surface area contributed by atoms with Crippen molar-refractivity contribution in [1.29, 1.82) is 0 Å². The first kappa shape index (κ1) is 25.7. The minimum atomic E-state index is -0.559. The highest BCUT2D eigenvalue weighted by atomic mass is 79.9. The molecule has 0 atom stereocenters. The Kier molecular flexibility index (Phi) is 7.91. The molecule has 36 heavy (non-hydrogen) atoms. The zero-order valence-electron chi connectivity index (χ0n) is 19.9. The van der Waals surface area contributed by atoms with Gasteiger partial charge >= 0.3 is 11.9 Å². The van der Waals surface area contributed by atoms with E-state index < -0.39 is 11.9 Å². The maximum atomic E-state index is 12.6. The van der Waals surface area contributed by atoms with E-state index in [0.29, 0.717) is 38.9 Å². The molecule has 0 aliphatic carbocycles. The largest absolute Gasteiger partial charge is 0.490 e. The maximum Gasteiger partial charge on any atom is 0.363 e. The van der Waals surface area contributed by atoms with Crippen LogP contribution in [0.3, 0.4) is 0 Å². The second-order valence-electron chi connectivity index (χ2n) is 8.27. The van der Waals surface area contributed by atoms with E-state index in [1.54, 1.807) is 42.5 Å². The van der Waals surface area contributed by atoms with Crippen molar-refractivity contribution in [2.75, 3.05) is 6.61 Å². The van der Waals surface area contributed by atoms with Crippen LogP contribution in [0.4, 0.5) is 0 Å². The molecule has 3 aromatic rings. The standard InChI is InChI=1S/C28H23BrClNO5/c1-4-34-24-15-17(13-22(29)25(24)35-27(32)20-9-11-21(30)12-10-20)14-23-28(33)36-26(31-23)19-7-5-18(6-8-19)16(2)3/h5-16H,4H2,1-3H3/b23-14-. The van der Waals surface area contributed by atoms with Gasteiger partial charge < -0.3 is 14.2 Å². The molecular formula is C28H23BrClNO5. The van der Waals surface area contributed by atoms with E-state index in [1.165, 1.54) is 5.56 Å². The van der Waals surface area contributed by atoms with Crippen LogP contribution in [0.25, 0.3) is 6.08 Å². The minimum absolute atomic E-state index is 0.151. The second-order valence-corrected chi connectivity index (χ2v) is 9.56. The average molecular weight is 569 g/mol. The highest BCUT2D eigenvalue weighted by molar-refractivity contribution is 9.10. The number of halogens is 2. The number of esters is 2. The van der Waals surface area contributed by atoms with Gasteiger partial charge in [0.05, 0.1) is 16.6 Å². The number of nitrogens with zero attached hydrogens (tertiary/aromatic N) is 1. The van der Waals surface area contributed by atoms with E-state index in [1.807, 2.05) is 31.2 Å². The summed E-state index contributed by atoms with van der Waals surface area (Å²) >= 11 is 9.35. The lowest BCUT2D eigenvalue weighted by Gasteiger charge is -2.13. The fourth-order valence-corrected chi connectivity index (χ4v) is 4.14. The first-order chi connectivity index (χ1) is 17.2. The lowest BCUT2D eigenvalue weighted by atomic mass is 10.0. The molecule has 0 unspecified atom stereocenters. The predicted octanol–water partition coefficient (Wildman–Crippen LogP) is 7.19. The van der Waals surface area contributed by atoms with Crippen LogP contribution in [-0.2, 0) is 9.53 Å². The average Bonchev–Trinajstić information content (AvgIpc) is 3.21. The van der Waals surface area contributed by atoms with Crippen molar-refractivity contribution >= 4 is 51.4 Å². The van der Waals surface area contributed by atoms with E-state index in [0.717, 1.165) is 5.56 Å². The molecule has 0 amide bonds. The van der Waals surface area contributed by atoms with Gasteiger partial charge in [0.25, 0.3) is 0 Å². The predicted molar refractivity (Wildman–Crippen MR) is 143 cm³/mol. The molecule has 0 saturated heterocycles. The molecule has 0 spiro atoms. The van der Waals surface area contributed by atoms with Gasteiger partial charge in [-0.3, -0.25) is 0 Å². The molecule has 1 heterocycles. The van der Waals surface area contributed by atoms with E-state index in [4.69, 9.17) is 25.8 Å². The van der Waals surface area contributed by atoms with E-state index in [9.17, 15) is 9.59 Å². The van der Waals surface area contributed by atoms with Crippen molar-refractivity contribution in [1.82, 2.24) is 0 Å². The first-order valence-electron chi connectivity index (χ1n) is 11.3. The Labute approximate surface area is 222 Å². The summed E-state index contributed by atoms with van der Waals surface area (Å²) in [6, 6.07) is 17.5. The van der Waals surface area contributed by atoms with Gasteiger partial charge in [-0.15, -0.1) is 0 Å². The van der Waals surface area contributed by atoms with Crippen molar-refractivity contribution in [2.24, 2.45) is 4.99 Å². The molecule has 6 nitrogen and oxygen atoms in total. The third kappa shape index (κ3) is 5.86. The third-order valence-corrected chi connectivity index (χ3v) is 6.20. The molecule has 1 aliphatic heterocycles. The number of hydrogen-bond donors (Lipinski definition) is 0. The van der Waals surface area contributed by atoms with Crippen molar-refractivity contribution in [3.63, 3.8) is 0 Å². The summed E-state index contributed by atoms with van der Waals surface area (Å²) < 4.78 is 17.2. The van der Waals surface area contributed by atoms with Gasteiger partial charge in [-0.05, 0) is 94.5 Å². The Morgan fingerprint density at radius 3 is 2.44 bits per heavy atom. The Bertz CT molecular complexity index is 1360. The van der Waals surface area contributed by atoms with E-state index in [2.05, 4.69) is 34.8 Å². The van der Waals surface area contributed by atoms with E-state index in [-0.39, 0.29) is 17.3 Å². The second kappa shape index (κ2) is 11.1. The van der Waals surface area contributed by atoms with Crippen LogP contribution in [0.1, 0.15) is 53.7 Å². The first-order valence-corrected chi connectivity index (χ1v) is 12.5. The smallest absolute Gasteiger partial charge is 0.363 e. The van der Waals surface area contributed by atoms with Gasteiger partial charge in [0, 0.05) is 10.6 Å². The summed E-state index contributed by atoms with van der Waals surface area (Å²) in [4.78, 5) is 29.5. The highest BCUT2D eigenvalue weighted by Gasteiger charge is 2.25. The van der Waals surface area contributed by atoms with Crippen LogP contribution in [0.2, 0.25) is 5.02 Å². The van der Waals surface area contributed by atoms with Crippen LogP contribution >= 0.6 is 27.5 Å². The van der Waals surface area contributed by atoms with Crippen molar-refractivity contribution in [2.45, 2.75) is 26.7 Å². The molecule has 3 aromatic carbocycles. The highest BCUT2D eigenvalue weighted by Crippen LogP contribution is 2.38. The van der Waals surface area contributed by atoms with Gasteiger partial charge in [0.2, 0.25) is 5.90 Å². The Morgan fingerprint density at radius 1 is 1.11 bits per heavy atom. The van der Waals surface area contributed by atoms with Crippen molar-refractivity contribution < 1.29 is 23.8 Å². The Hall–Kier alpha value is -3.42. The Morgan fingerprint density at radius 2 is 1.81 bits per heavy atom. The van der Waals surface area contributed by atoms with Gasteiger partial charge in [0.1, 0.15) is 0 Å². The zero-order chi connectivity index (χ0) is 25.8. The number of rotatable bonds is 7. The van der Waals surface area contributed by atoms with Crippen LogP contribution in [0.15, 0.2) is 75.8 Å². The van der Waals surface area contributed by atoms with Crippen LogP contribution in [-0.4, -0.2) is 24.4 Å². The topological polar surface area (TPSA) is 74.2 Å². The monoisotopic (exact) mass is 567 g/mol. The minimum Gasteiger partial charge on any atom is -0.490 e. The van der Waals surface area contributed by atoms with Gasteiger partial charge in [-0.25, -0.2) is 14.6 Å². The fourth-order valence-electron chi connectivity index (χ4n) is 3.47. The number of carbonyl (C=O) groups excluding carboxylic acids is 2. The molecule has 8 heteroatoms. The lowest BCUT2D eigenvalue weighted by Crippen LogP contribution is -2.10. The molecule has 0 radical (unpaired) electrons. The molecule has 0 bridgehead atoms. The van der Waals surface area contributed by atoms with Crippen LogP contribution in [0, 0.1) is 0 Å². The summed E-state index contributed by atoms with van der Waals surface area (Å²) in [5, 5.41) is 0.518. The molecule has 0 aromatic heterocycles. The lowest BCUT2D eigenvalue weighted by molar-refractivity contribution is -0.129. The van der Waals surface area contributed by atoms with Gasteiger partial charge in [0.15, 0.2) is 17.2 Å². The SMILES string of the molecule is CCOc1cc(/C=C2\N=C(c3ccc(C(C)C)cc3)OC2=O)cc(Br)c1OC(=O)c1ccc(Cl)cc1. The molecule has 184 valence electrons. The quantitative estimate of drug-likeness (QED) is 0.171. The number of carbonyl (C=O) groups is 2. The molecule has 1 aliphatic rings. The molecule has 0 fully saturated rings. The van der Waals surface area contributed by atoms with E-state index >= 15 is 0 Å². The summed E-state index contributed by atoms with van der Waals surface area (Å²) in [5.41, 5.74) is 3.01. The molecular weight excluding hydrogens is 546 g/mol. The molecule has 4 rings (SSSR count). The number of ether oxygens (including phenoxy) is 3. The van der Waals surface area contributed by atoms with Crippen molar-refractivity contribution in [3.05, 3.63) is 98.1 Å². The zero-order valence-corrected chi connectivity index (χ0v) is 22.2. The fraction of sp³-hybridized carbons (Fsp3) is 0.179. The molecule has 0 saturated carbocycles. The summed E-state index contributed by atoms with van der Waals surface area (Å²) in [6.45, 7) is 6.39. The number of hydrogen-bond acceptors (Lipinski definition) is 6. The van der Waals surface area contributed by atoms with Crippen LogP contribution in [0.5, 0.6) is 11.5 Å².